The van der Waals surface area contributed by atoms with Crippen molar-refractivity contribution in [2.45, 2.75) is 103 Å². The molecule has 1 saturated carbocycles. The summed E-state index contributed by atoms with van der Waals surface area (Å²) in [4.78, 5) is 13.8. The molecule has 4 nitrogen and oxygen atoms in total. The highest BCUT2D eigenvalue weighted by Crippen LogP contribution is 2.40. The molecule has 168 valence electrons. The van der Waals surface area contributed by atoms with Gasteiger partial charge >= 0.3 is 5.97 Å². The van der Waals surface area contributed by atoms with Gasteiger partial charge in [0.15, 0.2) is 5.11 Å². The van der Waals surface area contributed by atoms with Crippen LogP contribution in [0.4, 0.5) is 5.00 Å². The fraction of sp³-hybridized carbons (Fsp3) is 0.750. The smallest absolute Gasteiger partial charge is 0.341 e. The first kappa shape index (κ1) is 23.5. The molecule has 0 spiro atoms. The zero-order valence-electron chi connectivity index (χ0n) is 18.7. The molecule has 1 aromatic rings. The molecule has 1 atom stereocenters. The number of hydrogen-bond acceptors (Lipinski definition) is 4. The Morgan fingerprint density at radius 3 is 2.20 bits per heavy atom. The number of rotatable bonds is 3. The van der Waals surface area contributed by atoms with E-state index >= 15 is 0 Å². The van der Waals surface area contributed by atoms with Crippen LogP contribution in [-0.4, -0.2) is 24.2 Å². The Morgan fingerprint density at radius 2 is 1.60 bits per heavy atom. The van der Waals surface area contributed by atoms with Crippen LogP contribution in [0.1, 0.15) is 105 Å². The van der Waals surface area contributed by atoms with Crippen molar-refractivity contribution in [3.63, 3.8) is 0 Å². The predicted molar refractivity (Wildman–Crippen MR) is 131 cm³/mol. The second kappa shape index (κ2) is 12.0. The standard InChI is InChI=1S/C24H38N2O2S2/c1-17-14-15-19-20(16-17)30-22(21(19)23(27)28-2)26-24(29)25-18-12-10-8-6-4-3-5-7-9-11-13-18/h17-18H,3-16H2,1-2H3,(H2,25,26,29). The Bertz CT molecular complexity index is 704. The van der Waals surface area contributed by atoms with Gasteiger partial charge in [-0.25, -0.2) is 4.79 Å². The van der Waals surface area contributed by atoms with Gasteiger partial charge in [0.1, 0.15) is 5.00 Å². The van der Waals surface area contributed by atoms with E-state index in [1.807, 2.05) is 0 Å². The van der Waals surface area contributed by atoms with E-state index in [2.05, 4.69) is 17.6 Å². The van der Waals surface area contributed by atoms with E-state index < -0.39 is 0 Å². The predicted octanol–water partition coefficient (Wildman–Crippen LogP) is 6.62. The van der Waals surface area contributed by atoms with Crippen LogP contribution in [-0.2, 0) is 17.6 Å². The minimum absolute atomic E-state index is 0.252. The maximum Gasteiger partial charge on any atom is 0.341 e. The summed E-state index contributed by atoms with van der Waals surface area (Å²) in [5, 5.41) is 8.43. The van der Waals surface area contributed by atoms with E-state index in [0.717, 1.165) is 24.3 Å². The minimum atomic E-state index is -0.252. The number of nitrogens with one attached hydrogen (secondary N) is 2. The van der Waals surface area contributed by atoms with Crippen LogP contribution >= 0.6 is 23.6 Å². The van der Waals surface area contributed by atoms with Crippen molar-refractivity contribution >= 4 is 39.6 Å². The Labute approximate surface area is 191 Å². The SMILES string of the molecule is COC(=O)c1c(NC(=S)NC2CCCCCCCCCCC2)sc2c1CCC(C)C2. The summed E-state index contributed by atoms with van der Waals surface area (Å²) >= 11 is 7.36. The van der Waals surface area contributed by atoms with E-state index in [0.29, 0.717) is 22.6 Å². The molecular weight excluding hydrogens is 412 g/mol. The molecule has 1 heterocycles. The number of ether oxygens (including phenoxy) is 1. The fourth-order valence-electron chi connectivity index (χ4n) is 4.79. The molecule has 2 aliphatic carbocycles. The van der Waals surface area contributed by atoms with Crippen molar-refractivity contribution in [2.24, 2.45) is 5.92 Å². The third kappa shape index (κ3) is 6.68. The van der Waals surface area contributed by atoms with Gasteiger partial charge in [-0.1, -0.05) is 64.7 Å². The molecule has 2 aliphatic rings. The maximum atomic E-state index is 12.5. The van der Waals surface area contributed by atoms with Crippen molar-refractivity contribution in [3.05, 3.63) is 16.0 Å². The second-order valence-electron chi connectivity index (χ2n) is 9.10. The lowest BCUT2D eigenvalue weighted by Crippen LogP contribution is -2.38. The number of thiocarbonyl (C=S) groups is 1. The number of fused-ring (bicyclic) bond motifs is 1. The third-order valence-corrected chi connectivity index (χ3v) is 7.96. The number of carbonyl (C=O) groups is 1. The van der Waals surface area contributed by atoms with Crippen molar-refractivity contribution in [3.8, 4) is 0 Å². The zero-order chi connectivity index (χ0) is 21.3. The van der Waals surface area contributed by atoms with Crippen molar-refractivity contribution in [1.82, 2.24) is 5.32 Å². The van der Waals surface area contributed by atoms with Gasteiger partial charge in [0.05, 0.1) is 12.7 Å². The quantitative estimate of drug-likeness (QED) is 0.400. The molecule has 6 heteroatoms. The molecule has 0 bridgehead atoms. The van der Waals surface area contributed by atoms with Crippen molar-refractivity contribution in [1.29, 1.82) is 0 Å². The van der Waals surface area contributed by atoms with Crippen LogP contribution in [0.5, 0.6) is 0 Å². The van der Waals surface area contributed by atoms with Crippen LogP contribution in [0.3, 0.4) is 0 Å². The van der Waals surface area contributed by atoms with Gasteiger partial charge in [0, 0.05) is 10.9 Å². The first-order valence-corrected chi connectivity index (χ1v) is 13.1. The molecule has 0 radical (unpaired) electrons. The summed E-state index contributed by atoms with van der Waals surface area (Å²) in [6.07, 6.45) is 17.5. The van der Waals surface area contributed by atoms with Crippen molar-refractivity contribution in [2.75, 3.05) is 12.4 Å². The van der Waals surface area contributed by atoms with Crippen molar-refractivity contribution < 1.29 is 9.53 Å². The highest BCUT2D eigenvalue weighted by molar-refractivity contribution is 7.80. The number of carbonyl (C=O) groups excluding carboxylic acids is 1. The average Bonchev–Trinajstić information content (AvgIpc) is 3.06. The van der Waals surface area contributed by atoms with Crippen LogP contribution in [0.2, 0.25) is 0 Å². The summed E-state index contributed by atoms with van der Waals surface area (Å²) < 4.78 is 5.10. The highest BCUT2D eigenvalue weighted by atomic mass is 32.1. The summed E-state index contributed by atoms with van der Waals surface area (Å²) in [6.45, 7) is 2.28. The lowest BCUT2D eigenvalue weighted by atomic mass is 9.88. The lowest BCUT2D eigenvalue weighted by Gasteiger charge is -2.21. The van der Waals surface area contributed by atoms with Gasteiger partial charge in [0.25, 0.3) is 0 Å². The van der Waals surface area contributed by atoms with Crippen LogP contribution in [0, 0.1) is 5.92 Å². The molecule has 0 saturated heterocycles. The molecule has 1 aromatic heterocycles. The molecule has 30 heavy (non-hydrogen) atoms. The molecule has 0 aliphatic heterocycles. The normalized spacial score (nSPS) is 21.6. The monoisotopic (exact) mass is 450 g/mol. The summed E-state index contributed by atoms with van der Waals surface area (Å²) in [6, 6.07) is 0.417. The van der Waals surface area contributed by atoms with Crippen LogP contribution in [0.15, 0.2) is 0 Å². The van der Waals surface area contributed by atoms with E-state index in [-0.39, 0.29) is 5.97 Å². The van der Waals surface area contributed by atoms with E-state index in [4.69, 9.17) is 17.0 Å². The molecule has 1 fully saturated rings. The second-order valence-corrected chi connectivity index (χ2v) is 10.6. The number of methoxy groups -OCH3 is 1. The Balaban J connectivity index is 1.64. The number of esters is 1. The summed E-state index contributed by atoms with van der Waals surface area (Å²) in [5.74, 6) is 0.411. The van der Waals surface area contributed by atoms with Gasteiger partial charge < -0.3 is 15.4 Å². The Hall–Kier alpha value is -1.14. The molecule has 2 N–H and O–H groups in total. The summed E-state index contributed by atoms with van der Waals surface area (Å²) in [5.41, 5.74) is 1.87. The van der Waals surface area contributed by atoms with Gasteiger partial charge in [-0.05, 0) is 55.8 Å². The average molecular weight is 451 g/mol. The van der Waals surface area contributed by atoms with Gasteiger partial charge in [0.2, 0.25) is 0 Å². The number of anilines is 1. The number of hydrogen-bond donors (Lipinski definition) is 2. The first-order chi connectivity index (χ1) is 14.6. The van der Waals surface area contributed by atoms with Gasteiger partial charge in [-0.3, -0.25) is 0 Å². The van der Waals surface area contributed by atoms with E-state index in [9.17, 15) is 4.79 Å². The molecule has 0 amide bonds. The molecule has 1 unspecified atom stereocenters. The molecular formula is C24H38N2O2S2. The first-order valence-electron chi connectivity index (χ1n) is 11.9. The maximum absolute atomic E-state index is 12.5. The largest absolute Gasteiger partial charge is 0.465 e. The Morgan fingerprint density at radius 1 is 1.00 bits per heavy atom. The van der Waals surface area contributed by atoms with Crippen LogP contribution in [0.25, 0.3) is 0 Å². The van der Waals surface area contributed by atoms with Gasteiger partial charge in [-0.2, -0.15) is 0 Å². The fourth-order valence-corrected chi connectivity index (χ4v) is 6.53. The number of thiophene rings is 1. The molecule has 3 rings (SSSR count). The van der Waals surface area contributed by atoms with Gasteiger partial charge in [-0.15, -0.1) is 11.3 Å². The highest BCUT2D eigenvalue weighted by Gasteiger charge is 2.28. The zero-order valence-corrected chi connectivity index (χ0v) is 20.3. The van der Waals surface area contributed by atoms with E-state index in [1.165, 1.54) is 88.2 Å². The minimum Gasteiger partial charge on any atom is -0.465 e. The van der Waals surface area contributed by atoms with E-state index in [1.54, 1.807) is 11.3 Å². The lowest BCUT2D eigenvalue weighted by molar-refractivity contribution is 0.0601. The molecule has 0 aromatic carbocycles. The Kier molecular flexibility index (Phi) is 9.44. The summed E-state index contributed by atoms with van der Waals surface area (Å²) in [7, 11) is 1.46. The topological polar surface area (TPSA) is 50.4 Å². The third-order valence-electron chi connectivity index (χ3n) is 6.57. The van der Waals surface area contributed by atoms with Crippen LogP contribution < -0.4 is 10.6 Å².